The fourth-order valence-corrected chi connectivity index (χ4v) is 6.15. The van der Waals surface area contributed by atoms with E-state index in [0.29, 0.717) is 34.2 Å². The van der Waals surface area contributed by atoms with E-state index in [0.717, 1.165) is 21.3 Å². The van der Waals surface area contributed by atoms with Crippen LogP contribution in [0.25, 0.3) is 10.1 Å². The maximum atomic E-state index is 13.7. The average molecular weight is 579 g/mol. The summed E-state index contributed by atoms with van der Waals surface area (Å²) >= 11 is 1.18. The van der Waals surface area contributed by atoms with Gasteiger partial charge in [-0.15, -0.1) is 15.8 Å². The van der Waals surface area contributed by atoms with Gasteiger partial charge in [-0.3, -0.25) is 14.6 Å². The van der Waals surface area contributed by atoms with Crippen LogP contribution < -0.4 is 25.2 Å². The summed E-state index contributed by atoms with van der Waals surface area (Å²) in [7, 11) is 1.88. The molecule has 0 atom stereocenters. The lowest BCUT2D eigenvalue weighted by Crippen LogP contribution is -2.40. The fourth-order valence-electron chi connectivity index (χ4n) is 4.23. The van der Waals surface area contributed by atoms with Crippen molar-refractivity contribution >= 4 is 61.4 Å². The number of hydrazine groups is 1. The van der Waals surface area contributed by atoms with Crippen molar-refractivity contribution in [1.82, 2.24) is 10.4 Å². The Morgan fingerprint density at radius 1 is 1.02 bits per heavy atom. The van der Waals surface area contributed by atoms with Crippen LogP contribution in [0.3, 0.4) is 0 Å². The molecule has 0 unspecified atom stereocenters. The lowest BCUT2D eigenvalue weighted by molar-refractivity contribution is 0.102. The van der Waals surface area contributed by atoms with Crippen LogP contribution in [-0.2, 0) is 16.5 Å². The minimum absolute atomic E-state index is 0.149. The van der Waals surface area contributed by atoms with E-state index in [1.165, 1.54) is 17.5 Å². The maximum absolute atomic E-state index is 13.7. The molecule has 0 aliphatic rings. The summed E-state index contributed by atoms with van der Waals surface area (Å²) in [6.45, 7) is 8.82. The zero-order valence-corrected chi connectivity index (χ0v) is 25.5. The minimum Gasteiger partial charge on any atom is -0.489 e. The molecule has 2 aromatic heterocycles. The van der Waals surface area contributed by atoms with Gasteiger partial charge in [0.05, 0.1) is 33.1 Å². The van der Waals surface area contributed by atoms with Crippen molar-refractivity contribution in [2.45, 2.75) is 33.1 Å². The molecule has 0 bridgehead atoms. The van der Waals surface area contributed by atoms with E-state index in [4.69, 9.17) is 4.74 Å². The lowest BCUT2D eigenvalue weighted by atomic mass is 9.86. The molecule has 2 heterocycles. The second-order valence-corrected chi connectivity index (χ2v) is 13.3. The zero-order valence-electron chi connectivity index (χ0n) is 23.9. The maximum Gasteiger partial charge on any atom is 0.265 e. The molecule has 0 fully saturated rings. The van der Waals surface area contributed by atoms with Crippen LogP contribution in [-0.4, -0.2) is 43.0 Å². The van der Waals surface area contributed by atoms with E-state index < -0.39 is 0 Å². The van der Waals surface area contributed by atoms with Crippen molar-refractivity contribution < 1.29 is 14.3 Å². The first kappa shape index (κ1) is 29.4. The van der Waals surface area contributed by atoms with Gasteiger partial charge < -0.3 is 15.4 Å². The molecule has 2 amide bonds. The molecule has 8 nitrogen and oxygen atoms in total. The van der Waals surface area contributed by atoms with Gasteiger partial charge in [0.15, 0.2) is 5.75 Å². The summed E-state index contributed by atoms with van der Waals surface area (Å²) in [4.78, 5) is 31.0. The molecular weight excluding hydrogens is 542 g/mol. The third-order valence-electron chi connectivity index (χ3n) is 6.20. The highest BCUT2D eigenvalue weighted by Crippen LogP contribution is 2.42. The first-order chi connectivity index (χ1) is 19.0. The van der Waals surface area contributed by atoms with Crippen molar-refractivity contribution in [3.05, 3.63) is 76.9 Å². The largest absolute Gasteiger partial charge is 0.489 e. The average Bonchev–Trinajstić information content (AvgIpc) is 3.36. The van der Waals surface area contributed by atoms with Crippen molar-refractivity contribution in [2.24, 2.45) is 0 Å². The second kappa shape index (κ2) is 12.3. The molecule has 0 aliphatic carbocycles. The Morgan fingerprint density at radius 2 is 1.77 bits per heavy atom. The molecule has 3 N–H and O–H groups in total. The highest BCUT2D eigenvalue weighted by atomic mass is 32.2. The number of nitrogens with zero attached hydrogens (tertiary/aromatic N) is 2. The molecule has 2 aromatic carbocycles. The topological polar surface area (TPSA) is 95.6 Å². The lowest BCUT2D eigenvalue weighted by Gasteiger charge is -2.27. The Hall–Kier alpha value is -3.60. The summed E-state index contributed by atoms with van der Waals surface area (Å²) in [6.07, 6.45) is 7.39. The van der Waals surface area contributed by atoms with Crippen LogP contribution in [0.4, 0.5) is 17.1 Å². The number of hydrogen-bond donors (Lipinski definition) is 3. The number of rotatable bonds is 9. The molecule has 40 heavy (non-hydrogen) atoms. The van der Waals surface area contributed by atoms with Crippen LogP contribution in [0.1, 0.15) is 53.3 Å². The number of nitrogens with one attached hydrogen (secondary N) is 3. The van der Waals surface area contributed by atoms with Gasteiger partial charge >= 0.3 is 0 Å². The van der Waals surface area contributed by atoms with Crippen molar-refractivity contribution in [1.29, 1.82) is 0 Å². The predicted molar refractivity (Wildman–Crippen MR) is 169 cm³/mol. The van der Waals surface area contributed by atoms with Crippen LogP contribution in [0.2, 0.25) is 0 Å². The Bertz CT molecular complexity index is 1510. The van der Waals surface area contributed by atoms with Gasteiger partial charge in [-0.2, -0.15) is 5.43 Å². The quantitative estimate of drug-likeness (QED) is 0.161. The summed E-state index contributed by atoms with van der Waals surface area (Å²) in [6, 6.07) is 15.0. The van der Waals surface area contributed by atoms with Gasteiger partial charge in [0, 0.05) is 19.4 Å². The number of pyridine rings is 1. The number of hydrogen-bond acceptors (Lipinski definition) is 7. The van der Waals surface area contributed by atoms with Gasteiger partial charge in [-0.1, -0.05) is 32.9 Å². The van der Waals surface area contributed by atoms with Gasteiger partial charge in [0.2, 0.25) is 0 Å². The van der Waals surface area contributed by atoms with Crippen LogP contribution in [0.5, 0.6) is 5.75 Å². The normalized spacial score (nSPS) is 11.5. The number of aromatic nitrogens is 1. The Labute approximate surface area is 242 Å². The van der Waals surface area contributed by atoms with E-state index in [-0.39, 0.29) is 28.3 Å². The third-order valence-corrected chi connectivity index (χ3v) is 8.49. The minimum atomic E-state index is -0.257. The van der Waals surface area contributed by atoms with Gasteiger partial charge in [0.25, 0.3) is 11.8 Å². The zero-order chi connectivity index (χ0) is 29.0. The number of benzene rings is 2. The van der Waals surface area contributed by atoms with Gasteiger partial charge in [-0.05, 0) is 59.7 Å². The highest BCUT2D eigenvalue weighted by molar-refractivity contribution is 7.96. The number of anilines is 3. The van der Waals surface area contributed by atoms with E-state index in [1.54, 1.807) is 18.3 Å². The first-order valence-electron chi connectivity index (χ1n) is 12.9. The third kappa shape index (κ3) is 6.41. The van der Waals surface area contributed by atoms with E-state index in [9.17, 15) is 9.59 Å². The molecule has 4 aromatic rings. The van der Waals surface area contributed by atoms with E-state index >= 15 is 0 Å². The van der Waals surface area contributed by atoms with Crippen LogP contribution >= 0.6 is 11.3 Å². The standard InChI is InChI=1S/C30H35N5O3S2/c1-8-38-26-23(16-21(30(2,3)4)17-24(26)35(31-5)40(6)7)34-29(37)25-15-19-11-9-13-22(27(19)39-25)33-28(36)20-12-10-14-32-18-20/h9-18,31H,8H2,1-7H3,(H-,33,34,36,37)/p+1. The fraction of sp³-hybridized carbons (Fsp3) is 0.300. The SMILES string of the molecule is CCOc1c(NC(=O)c2cc3cccc(NC(=O)c4cccnc4)c3s2)cc(C(C)(C)C)cc1N(NC)[S+](C)C. The summed E-state index contributed by atoms with van der Waals surface area (Å²) < 4.78 is 9.01. The molecular formula is C30H36N5O3S2+. The predicted octanol–water partition coefficient (Wildman–Crippen LogP) is 6.23. The van der Waals surface area contributed by atoms with Crippen molar-refractivity contribution in [3.8, 4) is 5.75 Å². The highest BCUT2D eigenvalue weighted by Gasteiger charge is 2.28. The first-order valence-corrected chi connectivity index (χ1v) is 15.8. The Balaban J connectivity index is 1.72. The monoisotopic (exact) mass is 578 g/mol. The van der Waals surface area contributed by atoms with E-state index in [2.05, 4.69) is 64.8 Å². The summed E-state index contributed by atoms with van der Waals surface area (Å²) in [5.74, 6) is 0.115. The molecule has 0 saturated heterocycles. The van der Waals surface area contributed by atoms with E-state index in [1.807, 2.05) is 44.3 Å². The number of carbonyl (C=O) groups excluding carboxylic acids is 2. The molecule has 0 saturated carbocycles. The van der Waals surface area contributed by atoms with Gasteiger partial charge in [-0.25, -0.2) is 0 Å². The smallest absolute Gasteiger partial charge is 0.265 e. The Kier molecular flexibility index (Phi) is 9.02. The number of fused-ring (bicyclic) bond motifs is 1. The second-order valence-electron chi connectivity index (χ2n) is 10.3. The molecule has 0 aliphatic heterocycles. The summed E-state index contributed by atoms with van der Waals surface area (Å²) in [5, 5.41) is 6.96. The number of ether oxygens (including phenoxy) is 1. The molecule has 0 spiro atoms. The number of amides is 2. The van der Waals surface area contributed by atoms with Crippen molar-refractivity contribution in [2.75, 3.05) is 41.2 Å². The number of carbonyl (C=O) groups is 2. The molecule has 210 valence electrons. The van der Waals surface area contributed by atoms with Crippen LogP contribution in [0.15, 0.2) is 60.9 Å². The number of thiophene rings is 1. The molecule has 10 heteroatoms. The van der Waals surface area contributed by atoms with Crippen LogP contribution in [0, 0.1) is 0 Å². The summed E-state index contributed by atoms with van der Waals surface area (Å²) in [5.41, 5.74) is 6.78. The molecule has 0 radical (unpaired) electrons. The molecule has 4 rings (SSSR count). The van der Waals surface area contributed by atoms with Gasteiger partial charge in [0.1, 0.15) is 29.3 Å². The Morgan fingerprint density at radius 3 is 2.40 bits per heavy atom. The van der Waals surface area contributed by atoms with Crippen molar-refractivity contribution in [3.63, 3.8) is 0 Å².